The van der Waals surface area contributed by atoms with Crippen molar-refractivity contribution in [3.05, 3.63) is 146 Å². The number of unbranched alkanes of at least 4 members (excludes halogenated alkanes) is 3. The second kappa shape index (κ2) is 45.8. The van der Waals surface area contributed by atoms with Crippen LogP contribution in [-0.4, -0.2) is 75.5 Å². The van der Waals surface area contributed by atoms with Crippen LogP contribution >= 0.6 is 0 Å². The van der Waals surface area contributed by atoms with Crippen molar-refractivity contribution in [1.29, 1.82) is 0 Å². The number of quaternary nitrogens is 1. The minimum absolute atomic E-state index is 0.00694. The highest BCUT2D eigenvalue weighted by molar-refractivity contribution is 5.70. The number of allylic oxidation sites excluding steroid dienone is 24. The number of aliphatic carboxylic acids is 1. The predicted octanol–water partition coefficient (Wildman–Crippen LogP) is 12.8. The monoisotopic (exact) mass is 898 g/mol. The Morgan fingerprint density at radius 3 is 1.18 bits per heavy atom. The molecule has 0 aromatic carbocycles. The molecule has 2 atom stereocenters. The summed E-state index contributed by atoms with van der Waals surface area (Å²) >= 11 is 0. The first-order chi connectivity index (χ1) is 31.6. The Morgan fingerprint density at radius 1 is 0.462 bits per heavy atom. The molecule has 0 amide bonds. The molecule has 0 saturated heterocycles. The predicted molar refractivity (Wildman–Crippen MR) is 272 cm³/mol. The third-order valence-corrected chi connectivity index (χ3v) is 9.72. The average Bonchev–Trinajstić information content (AvgIpc) is 3.27. The van der Waals surface area contributed by atoms with Gasteiger partial charge in [-0.15, -0.1) is 0 Å². The fraction of sp³-hybridized carbons (Fsp3) is 0.526. The highest BCUT2D eigenvalue weighted by atomic mass is 16.6. The largest absolute Gasteiger partial charge is 0.544 e. The molecule has 0 N–H and O–H groups in total. The first-order valence-electron chi connectivity index (χ1n) is 24.4. The van der Waals surface area contributed by atoms with E-state index in [0.29, 0.717) is 12.8 Å². The summed E-state index contributed by atoms with van der Waals surface area (Å²) in [7, 11) is 5.36. The van der Waals surface area contributed by atoms with Crippen LogP contribution in [0.5, 0.6) is 0 Å². The maximum absolute atomic E-state index is 12.8. The number of ether oxygens (including phenoxy) is 3. The summed E-state index contributed by atoms with van der Waals surface area (Å²) in [6.45, 7) is 4.29. The number of carboxylic acid groups (broad SMARTS) is 1. The molecule has 0 aromatic rings. The smallest absolute Gasteiger partial charge is 0.306 e. The molecule has 0 bridgehead atoms. The van der Waals surface area contributed by atoms with Gasteiger partial charge in [-0.25, -0.2) is 0 Å². The van der Waals surface area contributed by atoms with E-state index in [4.69, 9.17) is 14.2 Å². The summed E-state index contributed by atoms with van der Waals surface area (Å²) < 4.78 is 17.1. The molecule has 8 nitrogen and oxygen atoms in total. The van der Waals surface area contributed by atoms with Gasteiger partial charge in [0.25, 0.3) is 0 Å². The lowest BCUT2D eigenvalue weighted by Crippen LogP contribution is -2.55. The number of hydrogen-bond acceptors (Lipinski definition) is 7. The molecule has 362 valence electrons. The van der Waals surface area contributed by atoms with E-state index >= 15 is 0 Å². The number of hydrogen-bond donors (Lipinski definition) is 0. The van der Waals surface area contributed by atoms with Gasteiger partial charge < -0.3 is 28.6 Å². The number of nitrogens with zero attached hydrogens (tertiary/aromatic N) is 1. The topological polar surface area (TPSA) is 102 Å². The van der Waals surface area contributed by atoms with E-state index < -0.39 is 18.1 Å². The fourth-order valence-electron chi connectivity index (χ4n) is 6.03. The maximum Gasteiger partial charge on any atom is 0.306 e. The van der Waals surface area contributed by atoms with E-state index in [-0.39, 0.29) is 55.5 Å². The molecule has 0 radical (unpaired) electrons. The molecule has 0 spiro atoms. The second-order valence-electron chi connectivity index (χ2n) is 16.6. The minimum atomic E-state index is -1.15. The molecule has 0 rings (SSSR count). The van der Waals surface area contributed by atoms with E-state index in [9.17, 15) is 19.5 Å². The van der Waals surface area contributed by atoms with Gasteiger partial charge in [-0.3, -0.25) is 9.59 Å². The van der Waals surface area contributed by atoms with Crippen LogP contribution in [0.15, 0.2) is 146 Å². The SMILES string of the molecule is CC/C=C/C/C=C/C/C=C/C/C=C/C/C=C/C/C=C/CCCCC(=O)OC(COCCC(C(=O)[O-])[N+](C)(C)C)COC(=O)CCC/C=C/C/C=C/C/C=C/C/C=C/C/C=C/C/C=C/CC. The summed E-state index contributed by atoms with van der Waals surface area (Å²) in [5.41, 5.74) is 0. The summed E-state index contributed by atoms with van der Waals surface area (Å²) in [5, 5.41) is 11.7. The lowest BCUT2D eigenvalue weighted by Gasteiger charge is -2.34. The molecule has 0 aromatic heterocycles. The zero-order chi connectivity index (χ0) is 47.7. The number of carbonyl (C=O) groups is 3. The normalized spacial score (nSPS) is 14.2. The Bertz CT molecular complexity index is 1560. The van der Waals surface area contributed by atoms with Crippen LogP contribution in [0.3, 0.4) is 0 Å². The molecule has 0 aliphatic carbocycles. The highest BCUT2D eigenvalue weighted by Gasteiger charge is 2.25. The number of rotatable bonds is 41. The van der Waals surface area contributed by atoms with Gasteiger partial charge in [0.1, 0.15) is 12.6 Å². The van der Waals surface area contributed by atoms with Crippen LogP contribution in [0.2, 0.25) is 0 Å². The molecule has 2 unspecified atom stereocenters. The summed E-state index contributed by atoms with van der Waals surface area (Å²) in [4.78, 5) is 37.0. The summed E-state index contributed by atoms with van der Waals surface area (Å²) in [6.07, 6.45) is 67.4. The van der Waals surface area contributed by atoms with Crippen LogP contribution < -0.4 is 5.11 Å². The van der Waals surface area contributed by atoms with Gasteiger partial charge in [0.15, 0.2) is 6.10 Å². The van der Waals surface area contributed by atoms with Crippen molar-refractivity contribution in [2.45, 2.75) is 154 Å². The molecule has 0 aliphatic heterocycles. The van der Waals surface area contributed by atoms with Gasteiger partial charge in [0.05, 0.1) is 40.3 Å². The molecular weight excluding hydrogens is 811 g/mol. The van der Waals surface area contributed by atoms with E-state index in [0.717, 1.165) is 96.3 Å². The van der Waals surface area contributed by atoms with Crippen molar-refractivity contribution < 1.29 is 38.2 Å². The van der Waals surface area contributed by atoms with Gasteiger partial charge in [-0.2, -0.15) is 0 Å². The van der Waals surface area contributed by atoms with Gasteiger partial charge in [-0.05, 0) is 109 Å². The zero-order valence-corrected chi connectivity index (χ0v) is 41.1. The molecule has 0 heterocycles. The maximum atomic E-state index is 12.8. The number of likely N-dealkylation sites (N-methyl/N-ethyl adjacent to an activating group) is 1. The fourth-order valence-corrected chi connectivity index (χ4v) is 6.03. The zero-order valence-electron chi connectivity index (χ0n) is 41.1. The molecule has 0 saturated carbocycles. The molecule has 0 aliphatic rings. The van der Waals surface area contributed by atoms with Gasteiger partial charge in [0.2, 0.25) is 0 Å². The van der Waals surface area contributed by atoms with Crippen molar-refractivity contribution in [2.24, 2.45) is 0 Å². The van der Waals surface area contributed by atoms with E-state index in [1.807, 2.05) is 0 Å². The van der Waals surface area contributed by atoms with Crippen LogP contribution in [0.1, 0.15) is 142 Å². The first kappa shape index (κ1) is 60.2. The highest BCUT2D eigenvalue weighted by Crippen LogP contribution is 2.10. The summed E-state index contributed by atoms with van der Waals surface area (Å²) in [6, 6.07) is -0.754. The lowest BCUT2D eigenvalue weighted by atomic mass is 10.1. The van der Waals surface area contributed by atoms with Crippen molar-refractivity contribution in [3.8, 4) is 0 Å². The van der Waals surface area contributed by atoms with Crippen molar-refractivity contribution >= 4 is 17.9 Å². The van der Waals surface area contributed by atoms with Crippen molar-refractivity contribution in [3.63, 3.8) is 0 Å². The standard InChI is InChI=1S/C57H87NO7/c1-6-8-10-12-14-16-18-20-22-24-26-28-30-32-34-36-38-40-42-44-46-48-56(60)65-53(51-63-50-49-54(57(61)62)58(3,4)5)52-64-55(59)47-45-43-41-39-37-35-33-31-29-27-25-23-21-19-17-15-13-11-9-7-2/h8-11,14-17,20-23,26-29,32-35,38-41,53-54H,6-7,12-13,18-19,24-25,30-31,36-37,42-52H2,1-5H3/b10-8+,11-9+,16-14+,17-15+,22-20+,23-21+,28-26+,29-27+,34-32+,35-33+,40-38+,41-39+. The van der Waals surface area contributed by atoms with E-state index in [1.54, 1.807) is 21.1 Å². The Balaban J connectivity index is 4.51. The second-order valence-corrected chi connectivity index (χ2v) is 16.6. The van der Waals surface area contributed by atoms with Crippen LogP contribution in [0.4, 0.5) is 0 Å². The molecule has 65 heavy (non-hydrogen) atoms. The van der Waals surface area contributed by atoms with E-state index in [2.05, 4.69) is 160 Å². The Labute approximate surface area is 395 Å². The Hall–Kier alpha value is -4.79. The minimum Gasteiger partial charge on any atom is -0.544 e. The van der Waals surface area contributed by atoms with Gasteiger partial charge >= 0.3 is 11.9 Å². The third kappa shape index (κ3) is 44.2. The van der Waals surface area contributed by atoms with Crippen molar-refractivity contribution in [1.82, 2.24) is 0 Å². The lowest BCUT2D eigenvalue weighted by molar-refractivity contribution is -0.889. The quantitative estimate of drug-likeness (QED) is 0.0261. The van der Waals surface area contributed by atoms with Gasteiger partial charge in [-0.1, -0.05) is 160 Å². The van der Waals surface area contributed by atoms with Crippen LogP contribution in [-0.2, 0) is 28.6 Å². The molecular formula is C57H87NO7. The van der Waals surface area contributed by atoms with Crippen LogP contribution in [0, 0.1) is 0 Å². The Kier molecular flexibility index (Phi) is 42.4. The third-order valence-electron chi connectivity index (χ3n) is 9.72. The van der Waals surface area contributed by atoms with Crippen molar-refractivity contribution in [2.75, 3.05) is 41.0 Å². The Morgan fingerprint density at radius 2 is 0.815 bits per heavy atom. The molecule has 8 heteroatoms. The van der Waals surface area contributed by atoms with Crippen LogP contribution in [0.25, 0.3) is 0 Å². The van der Waals surface area contributed by atoms with Gasteiger partial charge in [0, 0.05) is 19.3 Å². The average molecular weight is 898 g/mol. The summed E-state index contributed by atoms with van der Waals surface area (Å²) in [5.74, 6) is -1.89. The van der Waals surface area contributed by atoms with E-state index in [1.165, 1.54) is 0 Å². The molecule has 0 fully saturated rings. The first-order valence-corrected chi connectivity index (χ1v) is 24.4. The number of esters is 2. The number of carbonyl (C=O) groups excluding carboxylic acids is 3. The number of carboxylic acids is 1.